The van der Waals surface area contributed by atoms with Crippen LogP contribution in [0.3, 0.4) is 0 Å². The maximum Gasteiger partial charge on any atom is 0.340 e. The summed E-state index contributed by atoms with van der Waals surface area (Å²) in [6.45, 7) is 1.96. The molecule has 0 aromatic heterocycles. The summed E-state index contributed by atoms with van der Waals surface area (Å²) in [5.41, 5.74) is -1.39. The van der Waals surface area contributed by atoms with Gasteiger partial charge in [-0.25, -0.2) is 13.6 Å². The second-order valence-electron chi connectivity index (χ2n) is 7.35. The molecule has 1 aliphatic carbocycles. The number of aliphatic carboxylic acids is 1. The van der Waals surface area contributed by atoms with Crippen molar-refractivity contribution in [3.8, 4) is 0 Å². The van der Waals surface area contributed by atoms with Crippen LogP contribution in [0.1, 0.15) is 37.7 Å². The lowest BCUT2D eigenvalue weighted by Gasteiger charge is -2.37. The van der Waals surface area contributed by atoms with Crippen LogP contribution in [-0.4, -0.2) is 36.7 Å². The van der Waals surface area contributed by atoms with Gasteiger partial charge in [0.1, 0.15) is 0 Å². The van der Waals surface area contributed by atoms with Crippen molar-refractivity contribution in [3.05, 3.63) is 34.9 Å². The van der Waals surface area contributed by atoms with Gasteiger partial charge in [0.2, 0.25) is 5.92 Å². The molecule has 1 aromatic carbocycles. The van der Waals surface area contributed by atoms with Crippen LogP contribution < -0.4 is 5.32 Å². The maximum atomic E-state index is 13.9. The van der Waals surface area contributed by atoms with E-state index in [2.05, 4.69) is 5.32 Å². The molecule has 4 nitrogen and oxygen atoms in total. The highest BCUT2D eigenvalue weighted by molar-refractivity contribution is 6.30. The van der Waals surface area contributed by atoms with Crippen molar-refractivity contribution in [3.63, 3.8) is 0 Å². The Labute approximate surface area is 156 Å². The third-order valence-electron chi connectivity index (χ3n) is 5.57. The number of hydrogen-bond acceptors (Lipinski definition) is 3. The lowest BCUT2D eigenvalue weighted by atomic mass is 9.79. The van der Waals surface area contributed by atoms with Gasteiger partial charge in [0.05, 0.1) is 6.61 Å². The molecule has 1 saturated heterocycles. The minimum atomic E-state index is -2.85. The van der Waals surface area contributed by atoms with Crippen molar-refractivity contribution in [2.45, 2.75) is 43.6 Å². The van der Waals surface area contributed by atoms with Crippen LogP contribution in [0.15, 0.2) is 24.3 Å². The van der Waals surface area contributed by atoms with Crippen LogP contribution in [0.2, 0.25) is 5.02 Å². The molecule has 0 radical (unpaired) electrons. The highest BCUT2D eigenvalue weighted by Gasteiger charge is 2.55. The maximum absolute atomic E-state index is 13.9. The van der Waals surface area contributed by atoms with Gasteiger partial charge in [-0.2, -0.15) is 0 Å². The Balaban J connectivity index is 1.92. The van der Waals surface area contributed by atoms with Gasteiger partial charge in [0, 0.05) is 23.8 Å². The average molecular weight is 388 g/mol. The largest absolute Gasteiger partial charge is 0.479 e. The molecule has 2 N–H and O–H groups in total. The molecule has 0 unspecified atom stereocenters. The number of carboxylic acids is 1. The Morgan fingerprint density at radius 1 is 1.27 bits per heavy atom. The fraction of sp³-hybridized carbons (Fsp3) is 0.632. The van der Waals surface area contributed by atoms with Crippen LogP contribution in [0.5, 0.6) is 0 Å². The molecule has 1 heterocycles. The lowest BCUT2D eigenvalue weighted by molar-refractivity contribution is -0.182. The van der Waals surface area contributed by atoms with E-state index in [9.17, 15) is 18.7 Å². The molecule has 2 aliphatic rings. The number of rotatable bonds is 6. The van der Waals surface area contributed by atoms with Crippen molar-refractivity contribution in [2.24, 2.45) is 11.8 Å². The summed E-state index contributed by atoms with van der Waals surface area (Å²) in [6.07, 6.45) is 1.10. The SMILES string of the molecule is O=C(O)[C@](OCC1CCNCC1)(c1ccc(Cl)cc1)[C@@H]1CCC(F)(F)C1. The molecular formula is C19H24ClF2NO3. The number of piperidine rings is 1. The third-order valence-corrected chi connectivity index (χ3v) is 5.83. The quantitative estimate of drug-likeness (QED) is 0.772. The normalized spacial score (nSPS) is 25.7. The summed E-state index contributed by atoms with van der Waals surface area (Å²) in [7, 11) is 0. The highest BCUT2D eigenvalue weighted by atomic mass is 35.5. The number of benzene rings is 1. The van der Waals surface area contributed by atoms with Crippen LogP contribution in [0, 0.1) is 11.8 Å². The highest BCUT2D eigenvalue weighted by Crippen LogP contribution is 2.49. The second kappa shape index (κ2) is 7.79. The molecule has 1 aromatic rings. The van der Waals surface area contributed by atoms with Crippen molar-refractivity contribution >= 4 is 17.6 Å². The second-order valence-corrected chi connectivity index (χ2v) is 7.78. The molecular weight excluding hydrogens is 364 g/mol. The number of carbonyl (C=O) groups is 1. The number of alkyl halides is 2. The number of halogens is 3. The zero-order chi connectivity index (χ0) is 18.8. The Morgan fingerprint density at radius 2 is 1.92 bits per heavy atom. The molecule has 2 atom stereocenters. The Bertz CT molecular complexity index is 634. The molecule has 3 rings (SSSR count). The van der Waals surface area contributed by atoms with Gasteiger partial charge in [-0.1, -0.05) is 23.7 Å². The average Bonchev–Trinajstić information content (AvgIpc) is 2.98. The molecule has 1 aliphatic heterocycles. The van der Waals surface area contributed by atoms with Crippen molar-refractivity contribution in [1.29, 1.82) is 0 Å². The molecule has 7 heteroatoms. The minimum absolute atomic E-state index is 0.119. The van der Waals surface area contributed by atoms with Crippen LogP contribution in [-0.2, 0) is 15.1 Å². The number of ether oxygens (including phenoxy) is 1. The molecule has 0 amide bonds. The summed E-state index contributed by atoms with van der Waals surface area (Å²) in [5.74, 6) is -4.62. The van der Waals surface area contributed by atoms with Crippen molar-refractivity contribution < 1.29 is 23.4 Å². The van der Waals surface area contributed by atoms with Crippen LogP contribution in [0.25, 0.3) is 0 Å². The van der Waals surface area contributed by atoms with Crippen molar-refractivity contribution in [2.75, 3.05) is 19.7 Å². The zero-order valence-electron chi connectivity index (χ0n) is 14.5. The summed E-state index contributed by atoms with van der Waals surface area (Å²) >= 11 is 5.93. The summed E-state index contributed by atoms with van der Waals surface area (Å²) in [4.78, 5) is 12.4. The van der Waals surface area contributed by atoms with Gasteiger partial charge in [-0.05, 0) is 56.0 Å². The Kier molecular flexibility index (Phi) is 5.85. The molecule has 1 saturated carbocycles. The Morgan fingerprint density at radius 3 is 2.46 bits per heavy atom. The van der Waals surface area contributed by atoms with Gasteiger partial charge in [-0.15, -0.1) is 0 Å². The number of nitrogens with one attached hydrogen (secondary N) is 1. The van der Waals surface area contributed by atoms with E-state index >= 15 is 0 Å². The number of hydrogen-bond donors (Lipinski definition) is 2. The van der Waals surface area contributed by atoms with Gasteiger partial charge < -0.3 is 15.2 Å². The van der Waals surface area contributed by atoms with Gasteiger partial charge >= 0.3 is 5.97 Å². The molecule has 0 bridgehead atoms. The first-order chi connectivity index (χ1) is 12.3. The molecule has 144 valence electrons. The van der Waals surface area contributed by atoms with E-state index in [4.69, 9.17) is 16.3 Å². The van der Waals surface area contributed by atoms with Gasteiger partial charge in [0.15, 0.2) is 5.60 Å². The first kappa shape index (κ1) is 19.5. The number of carboxylic acid groups (broad SMARTS) is 1. The minimum Gasteiger partial charge on any atom is -0.479 e. The molecule has 26 heavy (non-hydrogen) atoms. The van der Waals surface area contributed by atoms with E-state index < -0.39 is 29.8 Å². The lowest BCUT2D eigenvalue weighted by Crippen LogP contribution is -2.46. The first-order valence-electron chi connectivity index (χ1n) is 9.05. The summed E-state index contributed by atoms with van der Waals surface area (Å²) in [6, 6.07) is 6.32. The Hall–Kier alpha value is -1.24. The van der Waals surface area contributed by atoms with E-state index in [0.717, 1.165) is 25.9 Å². The topological polar surface area (TPSA) is 58.6 Å². The van der Waals surface area contributed by atoms with Crippen LogP contribution in [0.4, 0.5) is 8.78 Å². The predicted molar refractivity (Wildman–Crippen MR) is 94.6 cm³/mol. The van der Waals surface area contributed by atoms with Crippen molar-refractivity contribution in [1.82, 2.24) is 5.32 Å². The fourth-order valence-electron chi connectivity index (χ4n) is 4.09. The summed E-state index contributed by atoms with van der Waals surface area (Å²) < 4.78 is 33.8. The molecule has 0 spiro atoms. The fourth-order valence-corrected chi connectivity index (χ4v) is 4.21. The smallest absolute Gasteiger partial charge is 0.340 e. The standard InChI is InChI=1S/C19H24ClF2NO3/c20-16-3-1-14(2-4-16)19(17(24)25,15-5-8-18(21,22)11-15)26-12-13-6-9-23-10-7-13/h1-4,13,15,23H,5-12H2,(H,24,25)/t15-,19+/m1/s1. The summed E-state index contributed by atoms with van der Waals surface area (Å²) in [5, 5.41) is 13.8. The van der Waals surface area contributed by atoms with E-state index in [1.165, 1.54) is 0 Å². The first-order valence-corrected chi connectivity index (χ1v) is 9.43. The third kappa shape index (κ3) is 4.02. The van der Waals surface area contributed by atoms with Gasteiger partial charge in [-0.3, -0.25) is 0 Å². The van der Waals surface area contributed by atoms with E-state index in [1.54, 1.807) is 24.3 Å². The van der Waals surface area contributed by atoms with Gasteiger partial charge in [0.25, 0.3) is 0 Å². The van der Waals surface area contributed by atoms with E-state index in [0.29, 0.717) is 10.6 Å². The predicted octanol–water partition coefficient (Wildman–Crippen LogP) is 4.07. The zero-order valence-corrected chi connectivity index (χ0v) is 15.3. The monoisotopic (exact) mass is 387 g/mol. The molecule has 2 fully saturated rings. The van der Waals surface area contributed by atoms with Crippen LogP contribution >= 0.6 is 11.6 Å². The van der Waals surface area contributed by atoms with E-state index in [1.807, 2.05) is 0 Å². The van der Waals surface area contributed by atoms with E-state index in [-0.39, 0.29) is 25.4 Å².